The monoisotopic (exact) mass is 232 g/mol. The smallest absolute Gasteiger partial charge is 0.416 e. The molecular formula is C11H11F3O2. The van der Waals surface area contributed by atoms with Crippen LogP contribution in [0.5, 0.6) is 0 Å². The van der Waals surface area contributed by atoms with Gasteiger partial charge in [0.2, 0.25) is 0 Å². The molecule has 0 atom stereocenters. The first kappa shape index (κ1) is 14.2. The Balaban J connectivity index is 0.000000673. The van der Waals surface area contributed by atoms with E-state index in [0.717, 1.165) is 6.07 Å². The van der Waals surface area contributed by atoms with E-state index in [2.05, 4.69) is 0 Å². The highest BCUT2D eigenvalue weighted by Gasteiger charge is 2.32. The van der Waals surface area contributed by atoms with Crippen LogP contribution < -0.4 is 0 Å². The zero-order valence-electron chi connectivity index (χ0n) is 8.53. The highest BCUT2D eigenvalue weighted by atomic mass is 19.4. The molecule has 0 aliphatic rings. The summed E-state index contributed by atoms with van der Waals surface area (Å²) in [5.41, 5.74) is -0.384. The minimum atomic E-state index is -4.27. The van der Waals surface area contributed by atoms with E-state index in [1.54, 1.807) is 19.1 Å². The van der Waals surface area contributed by atoms with Crippen molar-refractivity contribution in [3.63, 3.8) is 0 Å². The number of alkyl halides is 3. The first-order valence-corrected chi connectivity index (χ1v) is 4.34. The summed E-state index contributed by atoms with van der Waals surface area (Å²) in [5.74, 6) is 0. The number of benzene rings is 1. The van der Waals surface area contributed by atoms with Crippen molar-refractivity contribution in [1.82, 2.24) is 0 Å². The van der Waals surface area contributed by atoms with Gasteiger partial charge in [0.25, 0.3) is 6.47 Å². The van der Waals surface area contributed by atoms with Gasteiger partial charge in [-0.1, -0.05) is 30.4 Å². The van der Waals surface area contributed by atoms with Crippen molar-refractivity contribution >= 4 is 12.5 Å². The number of allylic oxidation sites excluding steroid dienone is 1. The van der Waals surface area contributed by atoms with Gasteiger partial charge >= 0.3 is 6.18 Å². The molecule has 0 radical (unpaired) electrons. The number of rotatable bonds is 1. The van der Waals surface area contributed by atoms with Crippen LogP contribution in [-0.2, 0) is 11.0 Å². The molecular weight excluding hydrogens is 221 g/mol. The van der Waals surface area contributed by atoms with E-state index in [-0.39, 0.29) is 12.0 Å². The molecule has 0 aliphatic carbocycles. The molecule has 5 heteroatoms. The zero-order chi connectivity index (χ0) is 12.6. The van der Waals surface area contributed by atoms with Crippen LogP contribution in [0, 0.1) is 0 Å². The summed E-state index contributed by atoms with van der Waals surface area (Å²) in [6, 6.07) is 5.50. The molecule has 1 rings (SSSR count). The lowest BCUT2D eigenvalue weighted by Gasteiger charge is -2.09. The van der Waals surface area contributed by atoms with E-state index in [0.29, 0.717) is 0 Å². The van der Waals surface area contributed by atoms with Gasteiger partial charge in [-0.15, -0.1) is 0 Å². The van der Waals surface area contributed by atoms with Crippen LogP contribution in [0.3, 0.4) is 0 Å². The molecule has 0 unspecified atom stereocenters. The first-order chi connectivity index (χ1) is 7.47. The lowest BCUT2D eigenvalue weighted by atomic mass is 10.1. The van der Waals surface area contributed by atoms with Gasteiger partial charge < -0.3 is 5.11 Å². The third kappa shape index (κ3) is 4.63. The molecule has 2 nitrogen and oxygen atoms in total. The summed E-state index contributed by atoms with van der Waals surface area (Å²) in [6.07, 6.45) is -1.23. The maximum atomic E-state index is 12.3. The summed E-state index contributed by atoms with van der Waals surface area (Å²) in [6.45, 7) is 1.44. The van der Waals surface area contributed by atoms with Crippen molar-refractivity contribution in [1.29, 1.82) is 0 Å². The molecule has 88 valence electrons. The average molecular weight is 232 g/mol. The van der Waals surface area contributed by atoms with E-state index >= 15 is 0 Å². The fourth-order valence-corrected chi connectivity index (χ4v) is 1.08. The Hall–Kier alpha value is -1.78. The van der Waals surface area contributed by atoms with Crippen LogP contribution in [0.25, 0.3) is 6.08 Å². The number of carboxylic acid groups (broad SMARTS) is 1. The van der Waals surface area contributed by atoms with Crippen molar-refractivity contribution in [2.75, 3.05) is 0 Å². The normalized spacial score (nSPS) is 10.8. The SMILES string of the molecule is C/C=C/c1ccccc1C(F)(F)F.O=CO. The van der Waals surface area contributed by atoms with Gasteiger partial charge in [0, 0.05) is 0 Å². The fourth-order valence-electron chi connectivity index (χ4n) is 1.08. The second kappa shape index (κ2) is 6.66. The molecule has 0 bridgehead atoms. The van der Waals surface area contributed by atoms with Gasteiger partial charge in [-0.25, -0.2) is 0 Å². The number of carbonyl (C=O) groups is 1. The van der Waals surface area contributed by atoms with Crippen molar-refractivity contribution in [3.8, 4) is 0 Å². The van der Waals surface area contributed by atoms with Crippen molar-refractivity contribution < 1.29 is 23.1 Å². The first-order valence-electron chi connectivity index (χ1n) is 4.34. The quantitative estimate of drug-likeness (QED) is 0.753. The van der Waals surface area contributed by atoms with E-state index in [1.807, 2.05) is 0 Å². The third-order valence-corrected chi connectivity index (χ3v) is 1.61. The van der Waals surface area contributed by atoms with Crippen LogP contribution >= 0.6 is 0 Å². The second-order valence-electron chi connectivity index (χ2n) is 2.69. The molecule has 0 aromatic heterocycles. The number of halogens is 3. The Morgan fingerprint density at radius 2 is 1.75 bits per heavy atom. The Labute approximate surface area is 91.0 Å². The highest BCUT2D eigenvalue weighted by molar-refractivity contribution is 5.54. The molecule has 0 saturated heterocycles. The lowest BCUT2D eigenvalue weighted by Crippen LogP contribution is -2.06. The van der Waals surface area contributed by atoms with Gasteiger partial charge in [-0.3, -0.25) is 4.79 Å². The third-order valence-electron chi connectivity index (χ3n) is 1.61. The predicted molar refractivity (Wildman–Crippen MR) is 54.8 cm³/mol. The van der Waals surface area contributed by atoms with Crippen LogP contribution in [0.15, 0.2) is 30.3 Å². The van der Waals surface area contributed by atoms with Crippen LogP contribution in [0.1, 0.15) is 18.1 Å². The van der Waals surface area contributed by atoms with Crippen molar-refractivity contribution in [2.24, 2.45) is 0 Å². The number of hydrogen-bond donors (Lipinski definition) is 1. The fraction of sp³-hybridized carbons (Fsp3) is 0.182. The molecule has 1 N–H and O–H groups in total. The molecule has 0 aliphatic heterocycles. The van der Waals surface area contributed by atoms with Gasteiger partial charge in [0.1, 0.15) is 0 Å². The standard InChI is InChI=1S/C10H9F3.CH2O2/c1-2-5-8-6-3-4-7-9(8)10(11,12)13;2-1-3/h2-7H,1H3;1H,(H,2,3)/b5-2+;. The molecule has 0 fully saturated rings. The summed E-state index contributed by atoms with van der Waals surface area (Å²) in [4.78, 5) is 8.36. The summed E-state index contributed by atoms with van der Waals surface area (Å²) >= 11 is 0. The molecule has 1 aromatic carbocycles. The molecule has 0 spiro atoms. The van der Waals surface area contributed by atoms with E-state index in [1.165, 1.54) is 18.2 Å². The van der Waals surface area contributed by atoms with Gasteiger partial charge in [0.15, 0.2) is 0 Å². The largest absolute Gasteiger partial charge is 0.483 e. The Morgan fingerprint density at radius 1 is 1.25 bits per heavy atom. The molecule has 0 saturated carbocycles. The van der Waals surface area contributed by atoms with Crippen molar-refractivity contribution in [2.45, 2.75) is 13.1 Å². The van der Waals surface area contributed by atoms with E-state index < -0.39 is 11.7 Å². The number of hydrogen-bond acceptors (Lipinski definition) is 1. The molecule has 0 heterocycles. The minimum absolute atomic E-state index is 0.206. The average Bonchev–Trinajstić information content (AvgIpc) is 2.18. The zero-order valence-corrected chi connectivity index (χ0v) is 8.53. The molecule has 1 aromatic rings. The molecule has 0 amide bonds. The van der Waals surface area contributed by atoms with E-state index in [9.17, 15) is 13.2 Å². The summed E-state index contributed by atoms with van der Waals surface area (Å²) < 4.78 is 37.0. The highest BCUT2D eigenvalue weighted by Crippen LogP contribution is 2.32. The molecule has 16 heavy (non-hydrogen) atoms. The Bertz CT molecular complexity index is 356. The second-order valence-corrected chi connectivity index (χ2v) is 2.69. The van der Waals surface area contributed by atoms with Crippen LogP contribution in [-0.4, -0.2) is 11.6 Å². The van der Waals surface area contributed by atoms with Crippen molar-refractivity contribution in [3.05, 3.63) is 41.5 Å². The minimum Gasteiger partial charge on any atom is -0.483 e. The van der Waals surface area contributed by atoms with Gasteiger partial charge in [-0.05, 0) is 18.6 Å². The van der Waals surface area contributed by atoms with Crippen LogP contribution in [0.2, 0.25) is 0 Å². The summed E-state index contributed by atoms with van der Waals surface area (Å²) in [5, 5.41) is 6.89. The van der Waals surface area contributed by atoms with E-state index in [4.69, 9.17) is 9.90 Å². The Morgan fingerprint density at radius 3 is 2.19 bits per heavy atom. The van der Waals surface area contributed by atoms with Crippen LogP contribution in [0.4, 0.5) is 13.2 Å². The lowest BCUT2D eigenvalue weighted by molar-refractivity contribution is -0.137. The maximum Gasteiger partial charge on any atom is 0.416 e. The topological polar surface area (TPSA) is 37.3 Å². The Kier molecular flexibility index (Phi) is 5.92. The predicted octanol–water partition coefficient (Wildman–Crippen LogP) is 3.44. The van der Waals surface area contributed by atoms with Gasteiger partial charge in [-0.2, -0.15) is 13.2 Å². The summed E-state index contributed by atoms with van der Waals surface area (Å²) in [7, 11) is 0. The van der Waals surface area contributed by atoms with Gasteiger partial charge in [0.05, 0.1) is 5.56 Å². The maximum absolute atomic E-state index is 12.3.